The summed E-state index contributed by atoms with van der Waals surface area (Å²) in [6, 6.07) is 14.0. The Morgan fingerprint density at radius 1 is 1.23 bits per heavy atom. The highest BCUT2D eigenvalue weighted by atomic mass is 16.5. The van der Waals surface area contributed by atoms with Crippen molar-refractivity contribution in [2.75, 3.05) is 38.3 Å². The number of allylic oxidation sites excluding steroid dienone is 1. The molecular weight excluding hydrogens is 492 g/mol. The molecule has 0 bridgehead atoms. The summed E-state index contributed by atoms with van der Waals surface area (Å²) in [5, 5.41) is 11.7. The maximum Gasteiger partial charge on any atom is 0.255 e. The SMILES string of the molecule is C=CCCC(C(=C)NC)N1Cc2c(OCc3cn(Cc4cccc(N5CCOCC5)c4)nn3)cccc2C1=O. The van der Waals surface area contributed by atoms with E-state index in [-0.39, 0.29) is 18.6 Å². The van der Waals surface area contributed by atoms with Gasteiger partial charge in [0.15, 0.2) is 0 Å². The Hall–Kier alpha value is -4.11. The van der Waals surface area contributed by atoms with Gasteiger partial charge in [-0.2, -0.15) is 0 Å². The van der Waals surface area contributed by atoms with Gasteiger partial charge in [0.2, 0.25) is 0 Å². The molecule has 1 amide bonds. The number of nitrogens with zero attached hydrogens (tertiary/aromatic N) is 5. The fourth-order valence-corrected chi connectivity index (χ4v) is 5.17. The van der Waals surface area contributed by atoms with Crippen LogP contribution in [-0.2, 0) is 24.4 Å². The molecule has 0 spiro atoms. The number of hydrogen-bond acceptors (Lipinski definition) is 7. The summed E-state index contributed by atoms with van der Waals surface area (Å²) in [5.74, 6) is 0.680. The molecule has 9 nitrogen and oxygen atoms in total. The van der Waals surface area contributed by atoms with Gasteiger partial charge in [-0.25, -0.2) is 4.68 Å². The molecule has 1 N–H and O–H groups in total. The average Bonchev–Trinajstić information content (AvgIpc) is 3.56. The number of fused-ring (bicyclic) bond motifs is 1. The van der Waals surface area contributed by atoms with Crippen LogP contribution in [0.4, 0.5) is 5.69 Å². The number of anilines is 1. The van der Waals surface area contributed by atoms with Crippen molar-refractivity contribution in [1.29, 1.82) is 0 Å². The Labute approximate surface area is 229 Å². The predicted molar refractivity (Wildman–Crippen MR) is 151 cm³/mol. The van der Waals surface area contributed by atoms with Gasteiger partial charge in [-0.3, -0.25) is 4.79 Å². The summed E-state index contributed by atoms with van der Waals surface area (Å²) in [6.45, 7) is 12.6. The molecule has 3 heterocycles. The summed E-state index contributed by atoms with van der Waals surface area (Å²) in [5.41, 5.74) is 5.46. The number of carbonyl (C=O) groups is 1. The van der Waals surface area contributed by atoms with Gasteiger partial charge < -0.3 is 24.6 Å². The van der Waals surface area contributed by atoms with Crippen LogP contribution in [0.3, 0.4) is 0 Å². The Morgan fingerprint density at radius 3 is 2.85 bits per heavy atom. The van der Waals surface area contributed by atoms with Crippen molar-refractivity contribution >= 4 is 11.6 Å². The molecule has 0 aliphatic carbocycles. The van der Waals surface area contributed by atoms with E-state index in [0.29, 0.717) is 24.4 Å². The summed E-state index contributed by atoms with van der Waals surface area (Å²) >= 11 is 0. The molecule has 2 aromatic carbocycles. The lowest BCUT2D eigenvalue weighted by Gasteiger charge is -2.29. The number of carbonyl (C=O) groups excluding carboxylic acids is 1. The average molecular weight is 529 g/mol. The monoisotopic (exact) mass is 528 g/mol. The second-order valence-corrected chi connectivity index (χ2v) is 9.84. The van der Waals surface area contributed by atoms with E-state index in [4.69, 9.17) is 9.47 Å². The van der Waals surface area contributed by atoms with Gasteiger partial charge in [0.25, 0.3) is 5.91 Å². The van der Waals surface area contributed by atoms with Crippen LogP contribution in [0.5, 0.6) is 5.75 Å². The van der Waals surface area contributed by atoms with Gasteiger partial charge >= 0.3 is 0 Å². The molecule has 2 aliphatic rings. The summed E-state index contributed by atoms with van der Waals surface area (Å²) in [7, 11) is 1.83. The predicted octanol–water partition coefficient (Wildman–Crippen LogP) is 3.77. The first-order valence-corrected chi connectivity index (χ1v) is 13.4. The first kappa shape index (κ1) is 26.5. The number of aromatic nitrogens is 3. The molecular formula is C30H36N6O3. The third kappa shape index (κ3) is 5.98. The quantitative estimate of drug-likeness (QED) is 0.358. The van der Waals surface area contributed by atoms with Crippen LogP contribution >= 0.6 is 0 Å². The molecule has 0 radical (unpaired) electrons. The Balaban J connectivity index is 1.23. The van der Waals surface area contributed by atoms with Crippen LogP contribution in [0.25, 0.3) is 0 Å². The van der Waals surface area contributed by atoms with E-state index in [0.717, 1.165) is 61.7 Å². The fourth-order valence-electron chi connectivity index (χ4n) is 5.17. The van der Waals surface area contributed by atoms with E-state index >= 15 is 0 Å². The number of likely N-dealkylation sites (N-methyl/N-ethyl adjacent to an activating group) is 1. The first-order valence-electron chi connectivity index (χ1n) is 13.4. The number of benzene rings is 2. The third-order valence-corrected chi connectivity index (χ3v) is 7.29. The summed E-state index contributed by atoms with van der Waals surface area (Å²) < 4.78 is 13.5. The molecule has 1 fully saturated rings. The molecule has 5 rings (SSSR count). The zero-order valence-corrected chi connectivity index (χ0v) is 22.5. The van der Waals surface area contributed by atoms with E-state index in [1.165, 1.54) is 5.69 Å². The molecule has 1 unspecified atom stereocenters. The molecule has 1 saturated heterocycles. The highest BCUT2D eigenvalue weighted by Crippen LogP contribution is 2.34. The molecule has 3 aromatic rings. The minimum Gasteiger partial charge on any atom is -0.487 e. The highest BCUT2D eigenvalue weighted by molar-refractivity contribution is 5.99. The third-order valence-electron chi connectivity index (χ3n) is 7.29. The Bertz CT molecular complexity index is 1330. The number of ether oxygens (including phenoxy) is 2. The molecule has 2 aliphatic heterocycles. The summed E-state index contributed by atoms with van der Waals surface area (Å²) in [6.07, 6.45) is 5.33. The largest absolute Gasteiger partial charge is 0.487 e. The van der Waals surface area contributed by atoms with Gasteiger partial charge in [-0.1, -0.05) is 36.1 Å². The van der Waals surface area contributed by atoms with Crippen molar-refractivity contribution in [3.63, 3.8) is 0 Å². The van der Waals surface area contributed by atoms with E-state index in [1.807, 2.05) is 47.1 Å². The van der Waals surface area contributed by atoms with Gasteiger partial charge in [-0.15, -0.1) is 11.7 Å². The van der Waals surface area contributed by atoms with Crippen molar-refractivity contribution in [3.05, 3.63) is 96.0 Å². The van der Waals surface area contributed by atoms with Crippen molar-refractivity contribution in [2.24, 2.45) is 0 Å². The van der Waals surface area contributed by atoms with Gasteiger partial charge in [0.05, 0.1) is 38.5 Å². The maximum absolute atomic E-state index is 13.3. The number of hydrogen-bond donors (Lipinski definition) is 1. The normalized spacial score (nSPS) is 15.7. The van der Waals surface area contributed by atoms with Crippen molar-refractivity contribution in [2.45, 2.75) is 38.6 Å². The number of morpholine rings is 1. The zero-order chi connectivity index (χ0) is 27.2. The molecule has 1 atom stereocenters. The van der Waals surface area contributed by atoms with Crippen LogP contribution < -0.4 is 15.0 Å². The number of rotatable bonds is 12. The fraction of sp³-hybridized carbons (Fsp3) is 0.367. The van der Waals surface area contributed by atoms with E-state index in [9.17, 15) is 4.79 Å². The van der Waals surface area contributed by atoms with Crippen LogP contribution in [0.15, 0.2) is 73.6 Å². The van der Waals surface area contributed by atoms with E-state index in [2.05, 4.69) is 58.0 Å². The van der Waals surface area contributed by atoms with Crippen molar-refractivity contribution in [1.82, 2.24) is 25.2 Å². The minimum atomic E-state index is -0.123. The topological polar surface area (TPSA) is 84.8 Å². The van der Waals surface area contributed by atoms with E-state index < -0.39 is 0 Å². The lowest BCUT2D eigenvalue weighted by atomic mass is 10.1. The van der Waals surface area contributed by atoms with Gasteiger partial charge in [0.1, 0.15) is 18.1 Å². The van der Waals surface area contributed by atoms with Crippen LogP contribution in [0, 0.1) is 0 Å². The standard InChI is InChI=1S/C30H36N6O3/c1-4-5-11-28(22(2)31-3)36-20-27-26(30(36)37)10-7-12-29(27)39-21-24-19-35(33-32-24)18-23-8-6-9-25(17-23)34-13-15-38-16-14-34/h4,6-10,12,17,19,28,31H,1-2,5,11,13-16,18,20-21H2,3H3. The molecule has 1 aromatic heterocycles. The number of nitrogens with one attached hydrogen (secondary N) is 1. The molecule has 204 valence electrons. The smallest absolute Gasteiger partial charge is 0.255 e. The lowest BCUT2D eigenvalue weighted by molar-refractivity contribution is 0.0718. The highest BCUT2D eigenvalue weighted by Gasteiger charge is 2.35. The molecule has 9 heteroatoms. The van der Waals surface area contributed by atoms with Crippen molar-refractivity contribution < 1.29 is 14.3 Å². The number of amides is 1. The zero-order valence-electron chi connectivity index (χ0n) is 22.5. The maximum atomic E-state index is 13.3. The Morgan fingerprint density at radius 2 is 2.05 bits per heavy atom. The van der Waals surface area contributed by atoms with E-state index in [1.54, 1.807) is 0 Å². The first-order chi connectivity index (χ1) is 19.1. The molecule has 39 heavy (non-hydrogen) atoms. The summed E-state index contributed by atoms with van der Waals surface area (Å²) in [4.78, 5) is 17.5. The van der Waals surface area contributed by atoms with Crippen LogP contribution in [-0.4, -0.2) is 65.2 Å². The van der Waals surface area contributed by atoms with Gasteiger partial charge in [-0.05, 0) is 42.7 Å². The Kier molecular flexibility index (Phi) is 8.27. The van der Waals surface area contributed by atoms with Crippen LogP contribution in [0.1, 0.15) is 40.0 Å². The minimum absolute atomic E-state index is 0.00818. The molecule has 0 saturated carbocycles. The second-order valence-electron chi connectivity index (χ2n) is 9.84. The second kappa shape index (κ2) is 12.2. The van der Waals surface area contributed by atoms with Crippen LogP contribution in [0.2, 0.25) is 0 Å². The van der Waals surface area contributed by atoms with Gasteiger partial charge in [0, 0.05) is 42.6 Å². The lowest BCUT2D eigenvalue weighted by Crippen LogP contribution is -2.39. The van der Waals surface area contributed by atoms with Crippen molar-refractivity contribution in [3.8, 4) is 5.75 Å².